The molecule has 0 unspecified atom stereocenters. The van der Waals surface area contributed by atoms with Gasteiger partial charge in [-0.15, -0.1) is 10.2 Å². The van der Waals surface area contributed by atoms with E-state index in [0.29, 0.717) is 5.82 Å². The van der Waals surface area contributed by atoms with Crippen molar-refractivity contribution in [3.05, 3.63) is 11.9 Å². The van der Waals surface area contributed by atoms with E-state index in [9.17, 15) is 8.42 Å². The quantitative estimate of drug-likeness (QED) is 0.867. The number of aryl methyl sites for hydroxylation is 2. The Morgan fingerprint density at radius 1 is 1.32 bits per heavy atom. The first kappa shape index (κ1) is 13.7. The molecule has 0 saturated heterocycles. The third-order valence-corrected chi connectivity index (χ3v) is 3.48. The van der Waals surface area contributed by atoms with Crippen molar-refractivity contribution >= 4 is 10.0 Å². The first-order valence-electron chi connectivity index (χ1n) is 5.70. The Morgan fingerprint density at radius 3 is 2.37 bits per heavy atom. The van der Waals surface area contributed by atoms with E-state index in [1.165, 1.54) is 4.57 Å². The van der Waals surface area contributed by atoms with Gasteiger partial charge in [0.05, 0.1) is 11.3 Å². The molecular weight excluding hydrogens is 268 g/mol. The molecule has 9 heteroatoms. The normalized spacial score (nSPS) is 12.3. The Balaban J connectivity index is 2.73. The fourth-order valence-electron chi connectivity index (χ4n) is 1.94. The largest absolute Gasteiger partial charge is 0.294 e. The molecule has 2 N–H and O–H groups in total. The van der Waals surface area contributed by atoms with Gasteiger partial charge >= 0.3 is 0 Å². The van der Waals surface area contributed by atoms with Crippen molar-refractivity contribution in [1.82, 2.24) is 24.5 Å². The van der Waals surface area contributed by atoms with Crippen molar-refractivity contribution in [3.63, 3.8) is 0 Å². The Hall–Kier alpha value is -1.74. The lowest BCUT2D eigenvalue weighted by Gasteiger charge is -2.12. The molecule has 0 aliphatic carbocycles. The van der Waals surface area contributed by atoms with Gasteiger partial charge in [0.15, 0.2) is 5.82 Å². The van der Waals surface area contributed by atoms with Crippen LogP contribution in [0.2, 0.25) is 0 Å². The topological polar surface area (TPSA) is 109 Å². The summed E-state index contributed by atoms with van der Waals surface area (Å²) in [6.45, 7) is 5.51. The summed E-state index contributed by atoms with van der Waals surface area (Å²) in [4.78, 5) is 0. The predicted molar refractivity (Wildman–Crippen MR) is 68.7 cm³/mol. The predicted octanol–water partition coefficient (Wildman–Crippen LogP) is 0.215. The lowest BCUT2D eigenvalue weighted by Crippen LogP contribution is -2.20. The van der Waals surface area contributed by atoms with Gasteiger partial charge in [-0.25, -0.2) is 13.6 Å². The number of rotatable bonds is 3. The summed E-state index contributed by atoms with van der Waals surface area (Å²) in [6.07, 6.45) is 1.77. The molecule has 0 aliphatic rings. The van der Waals surface area contributed by atoms with Gasteiger partial charge in [0.1, 0.15) is 0 Å². The van der Waals surface area contributed by atoms with E-state index in [-0.39, 0.29) is 11.2 Å². The monoisotopic (exact) mass is 284 g/mol. The molecule has 104 valence electrons. The summed E-state index contributed by atoms with van der Waals surface area (Å²) in [5, 5.41) is 16.8. The van der Waals surface area contributed by atoms with Crippen LogP contribution < -0.4 is 5.14 Å². The van der Waals surface area contributed by atoms with Gasteiger partial charge in [0.2, 0.25) is 0 Å². The molecule has 0 bridgehead atoms. The molecule has 2 aromatic heterocycles. The number of nitrogens with zero attached hydrogens (tertiary/aromatic N) is 5. The zero-order valence-electron chi connectivity index (χ0n) is 11.2. The van der Waals surface area contributed by atoms with E-state index in [1.807, 2.05) is 20.8 Å². The summed E-state index contributed by atoms with van der Waals surface area (Å²) < 4.78 is 26.2. The zero-order chi connectivity index (χ0) is 14.4. The van der Waals surface area contributed by atoms with E-state index in [1.54, 1.807) is 17.9 Å². The Morgan fingerprint density at radius 2 is 1.95 bits per heavy atom. The molecule has 0 atom stereocenters. The summed E-state index contributed by atoms with van der Waals surface area (Å²) in [6, 6.07) is -0.141. The third-order valence-electron chi connectivity index (χ3n) is 2.69. The van der Waals surface area contributed by atoms with Crippen LogP contribution >= 0.6 is 0 Å². The molecule has 0 aliphatic heterocycles. The van der Waals surface area contributed by atoms with Gasteiger partial charge in [-0.1, -0.05) is 0 Å². The van der Waals surface area contributed by atoms with Crippen LogP contribution in [0.3, 0.4) is 0 Å². The van der Waals surface area contributed by atoms with E-state index in [2.05, 4.69) is 15.3 Å². The van der Waals surface area contributed by atoms with Crippen LogP contribution in [0.15, 0.2) is 11.4 Å². The highest BCUT2D eigenvalue weighted by atomic mass is 32.2. The lowest BCUT2D eigenvalue weighted by atomic mass is 10.2. The van der Waals surface area contributed by atoms with E-state index >= 15 is 0 Å². The van der Waals surface area contributed by atoms with Gasteiger partial charge in [-0.2, -0.15) is 5.10 Å². The number of nitrogens with two attached hydrogens (primary N) is 1. The van der Waals surface area contributed by atoms with Crippen LogP contribution in [0.5, 0.6) is 0 Å². The first-order valence-corrected chi connectivity index (χ1v) is 7.24. The van der Waals surface area contributed by atoms with Crippen LogP contribution in [-0.2, 0) is 17.1 Å². The summed E-state index contributed by atoms with van der Waals surface area (Å²) >= 11 is 0. The number of primary sulfonamides is 1. The standard InChI is InChI=1S/C10H16N6O2S/c1-6(2)16-9(8-5-15(4)14-7(8)3)12-13-10(16)19(11,17)18/h5-6H,1-4H3,(H2,11,17,18). The van der Waals surface area contributed by atoms with Crippen molar-refractivity contribution in [1.29, 1.82) is 0 Å². The second kappa shape index (κ2) is 4.42. The van der Waals surface area contributed by atoms with Crippen molar-refractivity contribution in [2.45, 2.75) is 32.0 Å². The molecule has 0 aromatic carbocycles. The maximum Gasteiger partial charge on any atom is 0.273 e. The third kappa shape index (κ3) is 2.38. The van der Waals surface area contributed by atoms with Crippen LogP contribution in [0.25, 0.3) is 11.4 Å². The van der Waals surface area contributed by atoms with E-state index in [0.717, 1.165) is 11.3 Å². The number of hydrogen-bond donors (Lipinski definition) is 1. The Kier molecular flexibility index (Phi) is 3.19. The molecule has 8 nitrogen and oxygen atoms in total. The SMILES string of the molecule is Cc1nn(C)cc1-c1nnc(S(N)(=O)=O)n1C(C)C. The number of sulfonamides is 1. The van der Waals surface area contributed by atoms with Crippen LogP contribution in [0.1, 0.15) is 25.6 Å². The van der Waals surface area contributed by atoms with Crippen LogP contribution in [-0.4, -0.2) is 33.0 Å². The molecule has 0 spiro atoms. The first-order chi connectivity index (χ1) is 8.71. The minimum atomic E-state index is -3.91. The van der Waals surface area contributed by atoms with Crippen LogP contribution in [0, 0.1) is 6.92 Å². The van der Waals surface area contributed by atoms with Crippen molar-refractivity contribution in [2.24, 2.45) is 12.2 Å². The molecule has 0 amide bonds. The maximum atomic E-state index is 11.5. The minimum Gasteiger partial charge on any atom is -0.294 e. The maximum absolute atomic E-state index is 11.5. The second-order valence-corrected chi connectivity index (χ2v) is 6.07. The summed E-state index contributed by atoms with van der Waals surface area (Å²) in [5.41, 5.74) is 1.48. The van der Waals surface area contributed by atoms with Gasteiger partial charge < -0.3 is 0 Å². The number of hydrogen-bond acceptors (Lipinski definition) is 5. The van der Waals surface area contributed by atoms with Gasteiger partial charge in [-0.05, 0) is 20.8 Å². The van der Waals surface area contributed by atoms with Gasteiger partial charge in [0.25, 0.3) is 15.2 Å². The lowest BCUT2D eigenvalue weighted by molar-refractivity contribution is 0.524. The highest BCUT2D eigenvalue weighted by Crippen LogP contribution is 2.25. The van der Waals surface area contributed by atoms with Gasteiger partial charge in [0, 0.05) is 19.3 Å². The fourth-order valence-corrected chi connectivity index (χ4v) is 2.67. The van der Waals surface area contributed by atoms with Gasteiger partial charge in [-0.3, -0.25) is 9.25 Å². The molecule has 0 fully saturated rings. The molecule has 2 rings (SSSR count). The van der Waals surface area contributed by atoms with Crippen molar-refractivity contribution < 1.29 is 8.42 Å². The summed E-state index contributed by atoms with van der Waals surface area (Å²) in [5.74, 6) is 0.449. The molecule has 0 radical (unpaired) electrons. The molecule has 2 aromatic rings. The smallest absolute Gasteiger partial charge is 0.273 e. The Labute approximate surface area is 111 Å². The van der Waals surface area contributed by atoms with E-state index in [4.69, 9.17) is 5.14 Å². The molecule has 0 saturated carbocycles. The number of aromatic nitrogens is 5. The van der Waals surface area contributed by atoms with Crippen molar-refractivity contribution in [2.75, 3.05) is 0 Å². The molecule has 2 heterocycles. The highest BCUT2D eigenvalue weighted by Gasteiger charge is 2.25. The second-order valence-electron chi connectivity index (χ2n) is 4.62. The molecular formula is C10H16N6O2S. The van der Waals surface area contributed by atoms with Crippen LogP contribution in [0.4, 0.5) is 0 Å². The average Bonchev–Trinajstić information content (AvgIpc) is 2.80. The zero-order valence-corrected chi connectivity index (χ0v) is 12.0. The molecule has 19 heavy (non-hydrogen) atoms. The average molecular weight is 284 g/mol. The summed E-state index contributed by atoms with van der Waals surface area (Å²) in [7, 11) is -2.12. The minimum absolute atomic E-state index is 0.141. The van der Waals surface area contributed by atoms with E-state index < -0.39 is 10.0 Å². The highest BCUT2D eigenvalue weighted by molar-refractivity contribution is 7.89. The van der Waals surface area contributed by atoms with Crippen molar-refractivity contribution in [3.8, 4) is 11.4 Å². The fraction of sp³-hybridized carbons (Fsp3) is 0.500. The Bertz CT molecular complexity index is 712.